The molecule has 0 heterocycles. The minimum atomic E-state index is -4.12. The van der Waals surface area contributed by atoms with Crippen LogP contribution in [0.25, 0.3) is 0 Å². The van der Waals surface area contributed by atoms with Crippen molar-refractivity contribution < 1.29 is 32.2 Å². The predicted octanol–water partition coefficient (Wildman–Crippen LogP) is 2.43. The highest BCUT2D eigenvalue weighted by Gasteiger charge is 2.22. The summed E-state index contributed by atoms with van der Waals surface area (Å²) >= 11 is 0. The lowest BCUT2D eigenvalue weighted by Crippen LogP contribution is -2.30. The molecule has 0 bridgehead atoms. The number of esters is 1. The maximum absolute atomic E-state index is 13.0. The molecule has 2 aromatic carbocycles. The van der Waals surface area contributed by atoms with Gasteiger partial charge in [-0.25, -0.2) is 13.2 Å². The average Bonchev–Trinajstić information content (AvgIpc) is 2.71. The molecule has 0 aromatic heterocycles. The topological polar surface area (TPSA) is 120 Å². The quantitative estimate of drug-likeness (QED) is 0.610. The number of sulfonamides is 1. The third-order valence-electron chi connectivity index (χ3n) is 4.01. The molecule has 0 saturated heterocycles. The van der Waals surface area contributed by atoms with Gasteiger partial charge in [0.2, 0.25) is 0 Å². The molecule has 2 rings (SSSR count). The highest BCUT2D eigenvalue weighted by molar-refractivity contribution is 7.92. The maximum Gasteiger partial charge on any atom is 0.337 e. The fourth-order valence-electron chi connectivity index (χ4n) is 2.61. The molecule has 0 spiro atoms. The number of rotatable bonds is 8. The Morgan fingerprint density at radius 3 is 2.13 bits per heavy atom. The highest BCUT2D eigenvalue weighted by atomic mass is 32.2. The first-order chi connectivity index (χ1) is 14.1. The van der Waals surface area contributed by atoms with Gasteiger partial charge in [-0.1, -0.05) is 0 Å². The molecular weight excluding hydrogens is 412 g/mol. The third kappa shape index (κ3) is 5.20. The number of methoxy groups -OCH3 is 3. The standard InChI is InChI=1S/C20H24N2O7S/c1-12(2)21-19(23)15-11-14(7-9-17(15)27-3)30(25,26)22-16-10-13(20(24)29-5)6-8-18(16)28-4/h6-12,22H,1-5H3,(H,21,23). The summed E-state index contributed by atoms with van der Waals surface area (Å²) in [6.07, 6.45) is 0. The molecule has 0 aliphatic rings. The summed E-state index contributed by atoms with van der Waals surface area (Å²) < 4.78 is 43.3. The SMILES string of the molecule is COC(=O)c1ccc(OC)c(NS(=O)(=O)c2ccc(OC)c(C(=O)NC(C)C)c2)c1. The molecule has 0 aliphatic carbocycles. The summed E-state index contributed by atoms with van der Waals surface area (Å²) in [5.74, 6) is -0.658. The Morgan fingerprint density at radius 2 is 1.57 bits per heavy atom. The fraction of sp³-hybridized carbons (Fsp3) is 0.300. The van der Waals surface area contributed by atoms with Gasteiger partial charge in [0, 0.05) is 6.04 Å². The summed E-state index contributed by atoms with van der Waals surface area (Å²) in [7, 11) is -0.149. The summed E-state index contributed by atoms with van der Waals surface area (Å²) in [6.45, 7) is 3.57. The summed E-state index contributed by atoms with van der Waals surface area (Å²) in [6, 6.07) is 7.97. The van der Waals surface area contributed by atoms with Crippen LogP contribution in [-0.2, 0) is 14.8 Å². The highest BCUT2D eigenvalue weighted by Crippen LogP contribution is 2.30. The van der Waals surface area contributed by atoms with Gasteiger partial charge in [0.05, 0.1) is 43.0 Å². The normalized spacial score (nSPS) is 11.0. The van der Waals surface area contributed by atoms with Gasteiger partial charge >= 0.3 is 5.97 Å². The summed E-state index contributed by atoms with van der Waals surface area (Å²) in [5, 5.41) is 2.70. The lowest BCUT2D eigenvalue weighted by atomic mass is 10.2. The van der Waals surface area contributed by atoms with Gasteiger partial charge in [-0.3, -0.25) is 9.52 Å². The fourth-order valence-corrected chi connectivity index (χ4v) is 3.69. The van der Waals surface area contributed by atoms with E-state index in [2.05, 4.69) is 14.8 Å². The first-order valence-corrected chi connectivity index (χ1v) is 10.4. The van der Waals surface area contributed by atoms with E-state index < -0.39 is 21.9 Å². The molecule has 30 heavy (non-hydrogen) atoms. The molecule has 162 valence electrons. The van der Waals surface area contributed by atoms with Crippen molar-refractivity contribution in [2.75, 3.05) is 26.1 Å². The Labute approximate surface area is 175 Å². The Morgan fingerprint density at radius 1 is 0.933 bits per heavy atom. The van der Waals surface area contributed by atoms with Crippen LogP contribution in [0.3, 0.4) is 0 Å². The van der Waals surface area contributed by atoms with Crippen LogP contribution >= 0.6 is 0 Å². The van der Waals surface area contributed by atoms with Gasteiger partial charge in [0.25, 0.3) is 15.9 Å². The molecule has 0 radical (unpaired) electrons. The first kappa shape index (κ1) is 23.0. The second-order valence-corrected chi connectivity index (χ2v) is 8.18. The van der Waals surface area contributed by atoms with E-state index in [0.717, 1.165) is 0 Å². The summed E-state index contributed by atoms with van der Waals surface area (Å²) in [4.78, 5) is 24.1. The second kappa shape index (κ2) is 9.49. The minimum Gasteiger partial charge on any atom is -0.496 e. The van der Waals surface area contributed by atoms with E-state index >= 15 is 0 Å². The van der Waals surface area contributed by atoms with Gasteiger partial charge in [0.15, 0.2) is 0 Å². The molecule has 0 atom stereocenters. The Kier molecular flexibility index (Phi) is 7.28. The molecule has 1 amide bonds. The largest absolute Gasteiger partial charge is 0.496 e. The first-order valence-electron chi connectivity index (χ1n) is 8.91. The van der Waals surface area contributed by atoms with E-state index in [1.165, 1.54) is 57.7 Å². The van der Waals surface area contributed by atoms with Gasteiger partial charge < -0.3 is 19.5 Å². The Balaban J connectivity index is 2.47. The van der Waals surface area contributed by atoms with Crippen LogP contribution in [0.15, 0.2) is 41.3 Å². The van der Waals surface area contributed by atoms with E-state index in [1.807, 2.05) is 0 Å². The molecule has 0 fully saturated rings. The number of amides is 1. The van der Waals surface area contributed by atoms with Crippen molar-refractivity contribution in [3.63, 3.8) is 0 Å². The van der Waals surface area contributed by atoms with Crippen LogP contribution in [0.5, 0.6) is 11.5 Å². The van der Waals surface area contributed by atoms with Crippen molar-refractivity contribution in [3.8, 4) is 11.5 Å². The van der Waals surface area contributed by atoms with Gasteiger partial charge in [0.1, 0.15) is 11.5 Å². The van der Waals surface area contributed by atoms with E-state index in [-0.39, 0.29) is 39.3 Å². The van der Waals surface area contributed by atoms with E-state index in [1.54, 1.807) is 13.8 Å². The number of benzene rings is 2. The van der Waals surface area contributed by atoms with Gasteiger partial charge in [-0.15, -0.1) is 0 Å². The number of ether oxygens (including phenoxy) is 3. The molecule has 2 aromatic rings. The predicted molar refractivity (Wildman–Crippen MR) is 111 cm³/mol. The smallest absolute Gasteiger partial charge is 0.337 e. The number of hydrogen-bond acceptors (Lipinski definition) is 7. The Hall–Kier alpha value is -3.27. The van der Waals surface area contributed by atoms with Crippen molar-refractivity contribution in [2.45, 2.75) is 24.8 Å². The maximum atomic E-state index is 13.0. The van der Waals surface area contributed by atoms with Crippen molar-refractivity contribution >= 4 is 27.6 Å². The lowest BCUT2D eigenvalue weighted by Gasteiger charge is -2.15. The van der Waals surface area contributed by atoms with Crippen LogP contribution in [0, 0.1) is 0 Å². The molecular formula is C20H24N2O7S. The summed E-state index contributed by atoms with van der Waals surface area (Å²) in [5.41, 5.74) is 0.261. The second-order valence-electron chi connectivity index (χ2n) is 6.50. The zero-order valence-corrected chi connectivity index (χ0v) is 18.1. The van der Waals surface area contributed by atoms with Crippen molar-refractivity contribution in [1.82, 2.24) is 5.32 Å². The minimum absolute atomic E-state index is 0.0457. The molecule has 9 nitrogen and oxygen atoms in total. The number of nitrogens with one attached hydrogen (secondary N) is 2. The third-order valence-corrected chi connectivity index (χ3v) is 5.37. The number of carbonyl (C=O) groups excluding carboxylic acids is 2. The molecule has 2 N–H and O–H groups in total. The molecule has 0 aliphatic heterocycles. The van der Waals surface area contributed by atoms with Gasteiger partial charge in [-0.2, -0.15) is 0 Å². The monoisotopic (exact) mass is 436 g/mol. The number of anilines is 1. The van der Waals surface area contributed by atoms with Crippen LogP contribution in [0.1, 0.15) is 34.6 Å². The average molecular weight is 436 g/mol. The van der Waals surface area contributed by atoms with Crippen molar-refractivity contribution in [3.05, 3.63) is 47.5 Å². The number of carbonyl (C=O) groups is 2. The van der Waals surface area contributed by atoms with Crippen molar-refractivity contribution in [2.24, 2.45) is 0 Å². The zero-order valence-electron chi connectivity index (χ0n) is 17.3. The van der Waals surface area contributed by atoms with Gasteiger partial charge in [-0.05, 0) is 50.2 Å². The Bertz CT molecular complexity index is 1050. The zero-order chi connectivity index (χ0) is 22.5. The van der Waals surface area contributed by atoms with Crippen LogP contribution in [0.4, 0.5) is 5.69 Å². The van der Waals surface area contributed by atoms with Crippen LogP contribution in [0.2, 0.25) is 0 Å². The van der Waals surface area contributed by atoms with E-state index in [4.69, 9.17) is 9.47 Å². The van der Waals surface area contributed by atoms with Crippen LogP contribution < -0.4 is 19.5 Å². The number of hydrogen-bond donors (Lipinski definition) is 2. The van der Waals surface area contributed by atoms with Crippen molar-refractivity contribution in [1.29, 1.82) is 0 Å². The van der Waals surface area contributed by atoms with E-state index in [0.29, 0.717) is 0 Å². The molecule has 0 saturated carbocycles. The lowest BCUT2D eigenvalue weighted by molar-refractivity contribution is 0.0600. The molecule has 0 unspecified atom stereocenters. The van der Waals surface area contributed by atoms with E-state index in [9.17, 15) is 18.0 Å². The van der Waals surface area contributed by atoms with Crippen LogP contribution in [-0.4, -0.2) is 47.7 Å². The molecule has 10 heteroatoms.